The van der Waals surface area contributed by atoms with E-state index in [1.807, 2.05) is 41.3 Å². The van der Waals surface area contributed by atoms with Gasteiger partial charge in [-0.1, -0.05) is 12.1 Å². The molecule has 3 rings (SSSR count). The molecule has 84 valence electrons. The van der Waals surface area contributed by atoms with E-state index in [0.29, 0.717) is 6.54 Å². The zero-order valence-electron chi connectivity index (χ0n) is 9.13. The minimum Gasteiger partial charge on any atom is -0.330 e. The number of amides is 1. The molecule has 17 heavy (non-hydrogen) atoms. The van der Waals surface area contributed by atoms with E-state index in [0.717, 1.165) is 17.1 Å². The molecule has 0 bridgehead atoms. The van der Waals surface area contributed by atoms with Crippen LogP contribution in [0.1, 0.15) is 0 Å². The van der Waals surface area contributed by atoms with Gasteiger partial charge in [0.2, 0.25) is 5.91 Å². The van der Waals surface area contributed by atoms with Gasteiger partial charge in [0.15, 0.2) is 0 Å². The molecule has 0 saturated heterocycles. The number of hydrogen-bond acceptors (Lipinski definition) is 3. The fourth-order valence-electron chi connectivity index (χ4n) is 1.99. The zero-order chi connectivity index (χ0) is 11.7. The van der Waals surface area contributed by atoms with Crippen LogP contribution in [-0.2, 0) is 4.79 Å². The lowest BCUT2D eigenvalue weighted by Crippen LogP contribution is -2.34. The molecule has 0 spiro atoms. The van der Waals surface area contributed by atoms with Crippen molar-refractivity contribution in [3.05, 3.63) is 48.8 Å². The average molecular weight is 225 g/mol. The largest absolute Gasteiger partial charge is 0.330 e. The first kappa shape index (κ1) is 9.84. The molecule has 0 fully saturated rings. The van der Waals surface area contributed by atoms with Crippen LogP contribution in [0.15, 0.2) is 48.8 Å². The summed E-state index contributed by atoms with van der Waals surface area (Å²) < 4.78 is 0. The molecule has 2 aromatic rings. The molecule has 0 atom stereocenters. The van der Waals surface area contributed by atoms with Crippen molar-refractivity contribution < 1.29 is 4.79 Å². The predicted molar refractivity (Wildman–Crippen MR) is 66.3 cm³/mol. The van der Waals surface area contributed by atoms with Crippen LogP contribution in [0, 0.1) is 0 Å². The molecule has 0 aliphatic carbocycles. The number of hydrogen-bond donors (Lipinski definition) is 1. The lowest BCUT2D eigenvalue weighted by atomic mass is 10.1. The molecule has 1 amide bonds. The molecule has 1 aliphatic heterocycles. The molecule has 1 aromatic heterocycles. The van der Waals surface area contributed by atoms with Crippen molar-refractivity contribution in [2.45, 2.75) is 0 Å². The molecular weight excluding hydrogens is 214 g/mol. The molecule has 4 heteroatoms. The summed E-state index contributed by atoms with van der Waals surface area (Å²) in [7, 11) is 0. The Morgan fingerprint density at radius 2 is 1.88 bits per heavy atom. The van der Waals surface area contributed by atoms with Crippen LogP contribution < -0.4 is 10.2 Å². The first-order chi connectivity index (χ1) is 8.34. The summed E-state index contributed by atoms with van der Waals surface area (Å²) >= 11 is 0. The molecule has 0 unspecified atom stereocenters. The lowest BCUT2D eigenvalue weighted by molar-refractivity contribution is -0.115. The van der Waals surface area contributed by atoms with Gasteiger partial charge in [0.05, 0.1) is 11.4 Å². The van der Waals surface area contributed by atoms with Crippen molar-refractivity contribution in [1.82, 2.24) is 4.98 Å². The summed E-state index contributed by atoms with van der Waals surface area (Å²) in [6.45, 7) is 0.334. The quantitative estimate of drug-likeness (QED) is 0.809. The Balaban J connectivity index is 2.10. The Morgan fingerprint density at radius 3 is 2.71 bits per heavy atom. The Labute approximate surface area is 98.9 Å². The molecule has 1 aliphatic rings. The fraction of sp³-hybridized carbons (Fsp3) is 0.0769. The van der Waals surface area contributed by atoms with E-state index in [4.69, 9.17) is 0 Å². The van der Waals surface area contributed by atoms with Crippen molar-refractivity contribution >= 4 is 23.0 Å². The second kappa shape index (κ2) is 3.90. The first-order valence-electron chi connectivity index (χ1n) is 5.41. The SMILES string of the molecule is O=C1CN(c2ccncc2)c2ccccc2N1. The van der Waals surface area contributed by atoms with E-state index >= 15 is 0 Å². The smallest absolute Gasteiger partial charge is 0.244 e. The molecule has 0 radical (unpaired) electrons. The van der Waals surface area contributed by atoms with Crippen LogP contribution in [0.5, 0.6) is 0 Å². The maximum Gasteiger partial charge on any atom is 0.244 e. The van der Waals surface area contributed by atoms with E-state index in [-0.39, 0.29) is 5.91 Å². The Bertz CT molecular complexity index is 554. The predicted octanol–water partition coefficient (Wildman–Crippen LogP) is 2.17. The first-order valence-corrected chi connectivity index (χ1v) is 5.41. The summed E-state index contributed by atoms with van der Waals surface area (Å²) in [4.78, 5) is 17.6. The topological polar surface area (TPSA) is 45.2 Å². The number of rotatable bonds is 1. The van der Waals surface area contributed by atoms with Crippen LogP contribution in [0.25, 0.3) is 0 Å². The number of pyridine rings is 1. The number of aromatic nitrogens is 1. The Morgan fingerprint density at radius 1 is 1.12 bits per heavy atom. The van der Waals surface area contributed by atoms with Gasteiger partial charge in [0, 0.05) is 18.1 Å². The van der Waals surface area contributed by atoms with Crippen molar-refractivity contribution in [3.63, 3.8) is 0 Å². The molecular formula is C13H11N3O. The van der Waals surface area contributed by atoms with Crippen LogP contribution in [0.3, 0.4) is 0 Å². The van der Waals surface area contributed by atoms with Crippen molar-refractivity contribution in [3.8, 4) is 0 Å². The molecule has 0 saturated carbocycles. The number of carbonyl (C=O) groups excluding carboxylic acids is 1. The van der Waals surface area contributed by atoms with E-state index in [1.165, 1.54) is 0 Å². The average Bonchev–Trinajstić information content (AvgIpc) is 2.39. The van der Waals surface area contributed by atoms with E-state index in [2.05, 4.69) is 10.3 Å². The van der Waals surface area contributed by atoms with Crippen molar-refractivity contribution in [1.29, 1.82) is 0 Å². The minimum atomic E-state index is 0.000474. The van der Waals surface area contributed by atoms with Gasteiger partial charge in [-0.15, -0.1) is 0 Å². The minimum absolute atomic E-state index is 0.000474. The monoisotopic (exact) mass is 225 g/mol. The van der Waals surface area contributed by atoms with Gasteiger partial charge in [-0.3, -0.25) is 9.78 Å². The Hall–Kier alpha value is -2.36. The highest BCUT2D eigenvalue weighted by Crippen LogP contribution is 2.34. The number of nitrogens with zero attached hydrogens (tertiary/aromatic N) is 2. The van der Waals surface area contributed by atoms with Crippen LogP contribution in [-0.4, -0.2) is 17.4 Å². The van der Waals surface area contributed by atoms with Gasteiger partial charge < -0.3 is 10.2 Å². The van der Waals surface area contributed by atoms with Gasteiger partial charge in [0.1, 0.15) is 6.54 Å². The summed E-state index contributed by atoms with van der Waals surface area (Å²) in [5.74, 6) is 0.000474. The highest BCUT2D eigenvalue weighted by atomic mass is 16.2. The number of carbonyl (C=O) groups is 1. The van der Waals surface area contributed by atoms with Crippen molar-refractivity contribution in [2.24, 2.45) is 0 Å². The van der Waals surface area contributed by atoms with Gasteiger partial charge in [-0.2, -0.15) is 0 Å². The normalized spacial score (nSPS) is 14.1. The second-order valence-electron chi connectivity index (χ2n) is 3.86. The van der Waals surface area contributed by atoms with Crippen LogP contribution in [0.2, 0.25) is 0 Å². The van der Waals surface area contributed by atoms with Gasteiger partial charge in [-0.05, 0) is 24.3 Å². The number of benzene rings is 1. The lowest BCUT2D eigenvalue weighted by Gasteiger charge is -2.30. The number of nitrogens with one attached hydrogen (secondary N) is 1. The highest BCUT2D eigenvalue weighted by Gasteiger charge is 2.22. The summed E-state index contributed by atoms with van der Waals surface area (Å²) in [6, 6.07) is 11.6. The number of anilines is 3. The maximum absolute atomic E-state index is 11.6. The molecule has 2 heterocycles. The third-order valence-electron chi connectivity index (χ3n) is 2.75. The van der Waals surface area contributed by atoms with E-state index in [1.54, 1.807) is 12.4 Å². The van der Waals surface area contributed by atoms with E-state index in [9.17, 15) is 4.79 Å². The van der Waals surface area contributed by atoms with Crippen LogP contribution >= 0.6 is 0 Å². The number of para-hydroxylation sites is 2. The fourth-order valence-corrected chi connectivity index (χ4v) is 1.99. The molecule has 4 nitrogen and oxygen atoms in total. The third-order valence-corrected chi connectivity index (χ3v) is 2.75. The standard InChI is InChI=1S/C13H11N3O/c17-13-9-16(10-5-7-14-8-6-10)12-4-2-1-3-11(12)15-13/h1-8H,9H2,(H,15,17). The maximum atomic E-state index is 11.6. The van der Waals surface area contributed by atoms with Gasteiger partial charge >= 0.3 is 0 Å². The van der Waals surface area contributed by atoms with Gasteiger partial charge in [-0.25, -0.2) is 0 Å². The molecule has 1 aromatic carbocycles. The number of fused-ring (bicyclic) bond motifs is 1. The second-order valence-corrected chi connectivity index (χ2v) is 3.86. The van der Waals surface area contributed by atoms with Gasteiger partial charge in [0.25, 0.3) is 0 Å². The molecule has 1 N–H and O–H groups in total. The van der Waals surface area contributed by atoms with E-state index < -0.39 is 0 Å². The summed E-state index contributed by atoms with van der Waals surface area (Å²) in [5, 5.41) is 2.86. The van der Waals surface area contributed by atoms with Crippen LogP contribution in [0.4, 0.5) is 17.1 Å². The summed E-state index contributed by atoms with van der Waals surface area (Å²) in [5.41, 5.74) is 2.83. The summed E-state index contributed by atoms with van der Waals surface area (Å²) in [6.07, 6.45) is 3.45. The Kier molecular flexibility index (Phi) is 2.26. The van der Waals surface area contributed by atoms with Crippen molar-refractivity contribution in [2.75, 3.05) is 16.8 Å². The highest BCUT2D eigenvalue weighted by molar-refractivity contribution is 6.03. The zero-order valence-corrected chi connectivity index (χ0v) is 9.13. The third kappa shape index (κ3) is 1.73.